The number of rotatable bonds is 8. The average Bonchev–Trinajstić information content (AvgIpc) is 3.15. The number of sulfonamides is 1. The van der Waals surface area contributed by atoms with Gasteiger partial charge >= 0.3 is 5.97 Å². The van der Waals surface area contributed by atoms with Gasteiger partial charge in [-0.2, -0.15) is 0 Å². The number of H-pyrrole nitrogens is 1. The number of aromatic nitrogens is 1. The van der Waals surface area contributed by atoms with Crippen molar-refractivity contribution in [3.63, 3.8) is 0 Å². The van der Waals surface area contributed by atoms with Gasteiger partial charge in [-0.3, -0.25) is 4.79 Å². The van der Waals surface area contributed by atoms with Crippen molar-refractivity contribution in [2.45, 2.75) is 30.7 Å². The number of aromatic amines is 1. The van der Waals surface area contributed by atoms with Crippen molar-refractivity contribution in [2.75, 3.05) is 0 Å². The van der Waals surface area contributed by atoms with E-state index in [-0.39, 0.29) is 28.4 Å². The number of benzene rings is 3. The van der Waals surface area contributed by atoms with Crippen molar-refractivity contribution in [3.8, 4) is 11.3 Å². The number of carboxylic acid groups (broad SMARTS) is 1. The van der Waals surface area contributed by atoms with Crippen LogP contribution in [0.25, 0.3) is 22.2 Å². The highest BCUT2D eigenvalue weighted by Crippen LogP contribution is 2.34. The molecule has 182 valence electrons. The van der Waals surface area contributed by atoms with Crippen molar-refractivity contribution < 1.29 is 27.1 Å². The Morgan fingerprint density at radius 3 is 2.43 bits per heavy atom. The molecule has 0 amide bonds. The largest absolute Gasteiger partial charge is 0.481 e. The van der Waals surface area contributed by atoms with Gasteiger partial charge in [-0.1, -0.05) is 60.1 Å². The molecule has 1 aromatic heterocycles. The number of fused-ring (bicyclic) bond motifs is 1. The quantitative estimate of drug-likeness (QED) is 0.278. The number of hydrogen-bond acceptors (Lipinski definition) is 3. The van der Waals surface area contributed by atoms with Crippen molar-refractivity contribution in [3.05, 3.63) is 88.4 Å². The Balaban J connectivity index is 1.66. The van der Waals surface area contributed by atoms with Gasteiger partial charge in [0.25, 0.3) is 5.92 Å². The predicted molar refractivity (Wildman–Crippen MR) is 130 cm³/mol. The van der Waals surface area contributed by atoms with Crippen LogP contribution in [0, 0.1) is 0 Å². The summed E-state index contributed by atoms with van der Waals surface area (Å²) < 4.78 is 55.4. The normalized spacial score (nSPS) is 12.2. The van der Waals surface area contributed by atoms with Crippen LogP contribution in [0.1, 0.15) is 23.6 Å². The lowest BCUT2D eigenvalue weighted by atomic mass is 10.0. The standard InChI is InChI=1S/C25H21ClF2N2O4S/c1-25(27,28)17-9-6-15(7-10-17)14-29-35(33,34)22-12-16(8-11-20(22)26)24-19(13-23(31)32)18-4-2-3-5-21(18)30-24/h2-12,29-30H,13-14H2,1H3,(H,31,32). The van der Waals surface area contributed by atoms with Gasteiger partial charge in [0, 0.05) is 29.9 Å². The van der Waals surface area contributed by atoms with Crippen molar-refractivity contribution in [1.29, 1.82) is 0 Å². The fourth-order valence-corrected chi connectivity index (χ4v) is 5.36. The van der Waals surface area contributed by atoms with Crippen LogP contribution in [0.4, 0.5) is 8.78 Å². The SMILES string of the molecule is CC(F)(F)c1ccc(CNS(=O)(=O)c2cc(-c3[nH]c4ccccc4c3CC(=O)O)ccc2Cl)cc1. The molecule has 0 fully saturated rings. The lowest BCUT2D eigenvalue weighted by molar-refractivity contribution is -0.136. The van der Waals surface area contributed by atoms with Crippen LogP contribution in [0.15, 0.2) is 71.6 Å². The number of carboxylic acids is 1. The number of halogens is 3. The number of aliphatic carboxylic acids is 1. The van der Waals surface area contributed by atoms with E-state index in [0.717, 1.165) is 17.8 Å². The van der Waals surface area contributed by atoms with E-state index in [1.165, 1.54) is 36.4 Å². The summed E-state index contributed by atoms with van der Waals surface area (Å²) in [6, 6.07) is 17.0. The zero-order valence-corrected chi connectivity index (χ0v) is 20.1. The molecule has 0 saturated heterocycles. The van der Waals surface area contributed by atoms with Crippen LogP contribution < -0.4 is 4.72 Å². The van der Waals surface area contributed by atoms with E-state index in [1.807, 2.05) is 6.07 Å². The monoisotopic (exact) mass is 518 g/mol. The Labute approximate surface area is 205 Å². The molecule has 0 saturated carbocycles. The minimum Gasteiger partial charge on any atom is -0.481 e. The molecule has 4 aromatic rings. The van der Waals surface area contributed by atoms with Crippen molar-refractivity contribution in [2.24, 2.45) is 0 Å². The van der Waals surface area contributed by atoms with Gasteiger partial charge in [0.15, 0.2) is 0 Å². The molecule has 0 aliphatic heterocycles. The summed E-state index contributed by atoms with van der Waals surface area (Å²) in [7, 11) is -4.08. The Hall–Kier alpha value is -3.27. The summed E-state index contributed by atoms with van der Waals surface area (Å²) in [5, 5.41) is 10.1. The van der Waals surface area contributed by atoms with Gasteiger partial charge in [0.05, 0.1) is 17.1 Å². The van der Waals surface area contributed by atoms with Crippen molar-refractivity contribution in [1.82, 2.24) is 9.71 Å². The van der Waals surface area contributed by atoms with Crippen LogP contribution >= 0.6 is 11.6 Å². The minimum absolute atomic E-state index is 0.0156. The van der Waals surface area contributed by atoms with E-state index < -0.39 is 21.9 Å². The molecular weight excluding hydrogens is 498 g/mol. The molecule has 0 spiro atoms. The van der Waals surface area contributed by atoms with E-state index in [4.69, 9.17) is 11.6 Å². The first kappa shape index (κ1) is 24.8. The number of para-hydroxylation sites is 1. The van der Waals surface area contributed by atoms with E-state index in [2.05, 4.69) is 9.71 Å². The van der Waals surface area contributed by atoms with Gasteiger partial charge in [-0.15, -0.1) is 0 Å². The Kier molecular flexibility index (Phi) is 6.68. The maximum absolute atomic E-state index is 13.4. The average molecular weight is 519 g/mol. The summed E-state index contributed by atoms with van der Waals surface area (Å²) in [6.07, 6.45) is -0.255. The number of alkyl halides is 2. The molecule has 0 aliphatic rings. The molecule has 35 heavy (non-hydrogen) atoms. The summed E-state index contributed by atoms with van der Waals surface area (Å²) >= 11 is 6.22. The summed E-state index contributed by atoms with van der Waals surface area (Å²) in [6.45, 7) is 0.657. The smallest absolute Gasteiger partial charge is 0.307 e. The van der Waals surface area contributed by atoms with E-state index in [9.17, 15) is 27.1 Å². The van der Waals surface area contributed by atoms with Crippen LogP contribution in [-0.4, -0.2) is 24.5 Å². The lowest BCUT2D eigenvalue weighted by Gasteiger charge is -2.13. The Morgan fingerprint density at radius 1 is 1.09 bits per heavy atom. The van der Waals surface area contributed by atoms with Gasteiger partial charge < -0.3 is 10.1 Å². The van der Waals surface area contributed by atoms with Crippen LogP contribution in [-0.2, 0) is 33.7 Å². The molecule has 0 unspecified atom stereocenters. The van der Waals surface area contributed by atoms with Gasteiger partial charge in [-0.05, 0) is 34.9 Å². The first-order chi connectivity index (χ1) is 16.5. The predicted octanol–water partition coefficient (Wildman–Crippen LogP) is 5.71. The molecule has 0 atom stereocenters. The maximum atomic E-state index is 13.4. The molecule has 6 nitrogen and oxygen atoms in total. The highest BCUT2D eigenvalue weighted by Gasteiger charge is 2.24. The van der Waals surface area contributed by atoms with Crippen LogP contribution in [0.3, 0.4) is 0 Å². The summed E-state index contributed by atoms with van der Waals surface area (Å²) in [4.78, 5) is 14.5. The Bertz CT molecular complexity index is 1510. The highest BCUT2D eigenvalue weighted by molar-refractivity contribution is 7.89. The molecule has 3 N–H and O–H groups in total. The van der Waals surface area contributed by atoms with Crippen molar-refractivity contribution >= 4 is 38.5 Å². The summed E-state index contributed by atoms with van der Waals surface area (Å²) in [5.41, 5.74) is 2.51. The lowest BCUT2D eigenvalue weighted by Crippen LogP contribution is -2.23. The minimum atomic E-state index is -4.08. The fourth-order valence-electron chi connectivity index (χ4n) is 3.82. The van der Waals surface area contributed by atoms with Gasteiger partial charge in [0.1, 0.15) is 4.90 Å². The molecular formula is C25H21ClF2N2O4S. The highest BCUT2D eigenvalue weighted by atomic mass is 35.5. The third-order valence-corrected chi connectivity index (χ3v) is 7.46. The maximum Gasteiger partial charge on any atom is 0.307 e. The topological polar surface area (TPSA) is 99.3 Å². The molecule has 3 aromatic carbocycles. The van der Waals surface area contributed by atoms with Crippen LogP contribution in [0.2, 0.25) is 5.02 Å². The van der Waals surface area contributed by atoms with E-state index in [0.29, 0.717) is 22.4 Å². The van der Waals surface area contributed by atoms with E-state index in [1.54, 1.807) is 24.3 Å². The third-order valence-electron chi connectivity index (χ3n) is 5.58. The summed E-state index contributed by atoms with van der Waals surface area (Å²) in [5.74, 6) is -4.01. The molecule has 10 heteroatoms. The number of carbonyl (C=O) groups is 1. The zero-order chi connectivity index (χ0) is 25.4. The number of nitrogens with one attached hydrogen (secondary N) is 2. The second kappa shape index (κ2) is 9.41. The second-order valence-corrected chi connectivity index (χ2v) is 10.3. The molecule has 0 aliphatic carbocycles. The molecule has 0 radical (unpaired) electrons. The van der Waals surface area contributed by atoms with E-state index >= 15 is 0 Å². The first-order valence-electron chi connectivity index (χ1n) is 10.5. The first-order valence-corrected chi connectivity index (χ1v) is 12.4. The Morgan fingerprint density at radius 2 is 1.77 bits per heavy atom. The molecule has 1 heterocycles. The second-order valence-electron chi connectivity index (χ2n) is 8.15. The van der Waals surface area contributed by atoms with Gasteiger partial charge in [-0.25, -0.2) is 21.9 Å². The zero-order valence-electron chi connectivity index (χ0n) is 18.5. The van der Waals surface area contributed by atoms with Crippen LogP contribution in [0.5, 0.6) is 0 Å². The third kappa shape index (κ3) is 5.37. The molecule has 0 bridgehead atoms. The molecule has 4 rings (SSSR count). The number of hydrogen-bond donors (Lipinski definition) is 3. The fraction of sp³-hybridized carbons (Fsp3) is 0.160. The van der Waals surface area contributed by atoms with Gasteiger partial charge in [0.2, 0.25) is 10.0 Å².